The third kappa shape index (κ3) is 6.52. The highest BCUT2D eigenvalue weighted by molar-refractivity contribution is 5.97. The van der Waals surface area contributed by atoms with Crippen LogP contribution in [0, 0.1) is 5.41 Å². The molecule has 0 aliphatic rings. The fraction of sp³-hybridized carbons (Fsp3) is 0.500. The molecule has 0 aliphatic carbocycles. The lowest BCUT2D eigenvalue weighted by Crippen LogP contribution is -2.20. The Hall–Kier alpha value is -1.62. The van der Waals surface area contributed by atoms with Gasteiger partial charge in [0, 0.05) is 5.57 Å². The molecular formula is C12H19NO4. The number of hydrogen-bond donors (Lipinski definition) is 2. The lowest BCUT2D eigenvalue weighted by atomic mass is 9.99. The molecular weight excluding hydrogens is 222 g/mol. The molecule has 5 nitrogen and oxygen atoms in total. The number of carbonyl (C=O) groups is 2. The van der Waals surface area contributed by atoms with Gasteiger partial charge < -0.3 is 15.6 Å². The van der Waals surface area contributed by atoms with Crippen LogP contribution in [0.3, 0.4) is 0 Å². The fourth-order valence-corrected chi connectivity index (χ4v) is 0.839. The molecule has 0 unspecified atom stereocenters. The van der Waals surface area contributed by atoms with Gasteiger partial charge in [-0.15, -0.1) is 0 Å². The second kappa shape index (κ2) is 6.20. The maximum Gasteiger partial charge on any atom is 0.337 e. The topological polar surface area (TPSA) is 89.6 Å². The van der Waals surface area contributed by atoms with Crippen LogP contribution in [0.1, 0.15) is 20.8 Å². The van der Waals surface area contributed by atoms with Gasteiger partial charge in [-0.25, -0.2) is 4.79 Å². The minimum Gasteiger partial charge on any atom is -0.462 e. The van der Waals surface area contributed by atoms with Crippen LogP contribution in [0.15, 0.2) is 23.8 Å². The Labute approximate surface area is 101 Å². The quantitative estimate of drug-likeness (QED) is 0.417. The van der Waals surface area contributed by atoms with Crippen LogP contribution in [-0.2, 0) is 14.3 Å². The molecule has 3 N–H and O–H groups in total. The molecule has 0 fully saturated rings. The molecule has 0 heterocycles. The van der Waals surface area contributed by atoms with Crippen LogP contribution >= 0.6 is 0 Å². The maximum atomic E-state index is 11.5. The zero-order valence-corrected chi connectivity index (χ0v) is 10.4. The summed E-state index contributed by atoms with van der Waals surface area (Å²) < 4.78 is 4.98. The van der Waals surface area contributed by atoms with Crippen LogP contribution in [-0.4, -0.2) is 30.2 Å². The van der Waals surface area contributed by atoms with Crippen molar-refractivity contribution in [1.29, 1.82) is 0 Å². The molecule has 0 rings (SSSR count). The van der Waals surface area contributed by atoms with E-state index >= 15 is 0 Å². The predicted octanol–water partition coefficient (Wildman–Crippen LogP) is 0.536. The second-order valence-electron chi connectivity index (χ2n) is 4.85. The summed E-state index contributed by atoms with van der Waals surface area (Å²) in [5.41, 5.74) is 4.73. The van der Waals surface area contributed by atoms with Crippen molar-refractivity contribution in [2.24, 2.45) is 11.1 Å². The van der Waals surface area contributed by atoms with Crippen molar-refractivity contribution >= 4 is 11.9 Å². The van der Waals surface area contributed by atoms with Crippen LogP contribution in [0.2, 0.25) is 0 Å². The van der Waals surface area contributed by atoms with Crippen molar-refractivity contribution in [2.45, 2.75) is 20.8 Å². The Kier molecular flexibility index (Phi) is 5.61. The van der Waals surface area contributed by atoms with E-state index in [0.29, 0.717) is 0 Å². The second-order valence-corrected chi connectivity index (χ2v) is 4.85. The van der Waals surface area contributed by atoms with Crippen LogP contribution in [0.4, 0.5) is 0 Å². The average molecular weight is 241 g/mol. The van der Waals surface area contributed by atoms with Crippen LogP contribution in [0.5, 0.6) is 0 Å². The van der Waals surface area contributed by atoms with Gasteiger partial charge in [0.15, 0.2) is 0 Å². The summed E-state index contributed by atoms with van der Waals surface area (Å²) in [5, 5.41) is 8.82. The number of hydrogen-bond acceptors (Lipinski definition) is 4. The Morgan fingerprint density at radius 3 is 2.29 bits per heavy atom. The Morgan fingerprint density at radius 1 is 1.41 bits per heavy atom. The summed E-state index contributed by atoms with van der Waals surface area (Å²) in [6.07, 6.45) is 1.13. The first-order valence-corrected chi connectivity index (χ1v) is 5.14. The minimum atomic E-state index is -0.794. The molecule has 0 saturated heterocycles. The number of nitrogens with two attached hydrogens (primary N) is 1. The van der Waals surface area contributed by atoms with Crippen molar-refractivity contribution in [3.8, 4) is 0 Å². The zero-order valence-electron chi connectivity index (χ0n) is 10.4. The fourth-order valence-electron chi connectivity index (χ4n) is 0.839. The molecule has 5 heteroatoms. The first-order chi connectivity index (χ1) is 7.67. The van der Waals surface area contributed by atoms with Gasteiger partial charge in [-0.1, -0.05) is 27.4 Å². The smallest absolute Gasteiger partial charge is 0.337 e. The van der Waals surface area contributed by atoms with Gasteiger partial charge in [0.25, 0.3) is 0 Å². The highest BCUT2D eigenvalue weighted by Crippen LogP contribution is 2.14. The van der Waals surface area contributed by atoms with E-state index in [0.717, 1.165) is 6.08 Å². The molecule has 0 aromatic carbocycles. The molecule has 96 valence electrons. The van der Waals surface area contributed by atoms with Gasteiger partial charge in [-0.05, 0) is 11.5 Å². The van der Waals surface area contributed by atoms with E-state index in [2.05, 4.69) is 6.58 Å². The highest BCUT2D eigenvalue weighted by Gasteiger charge is 2.15. The third-order valence-corrected chi connectivity index (χ3v) is 1.73. The first-order valence-electron chi connectivity index (χ1n) is 5.14. The maximum absolute atomic E-state index is 11.5. The summed E-state index contributed by atoms with van der Waals surface area (Å²) in [6.45, 7) is 8.91. The monoisotopic (exact) mass is 241 g/mol. The summed E-state index contributed by atoms with van der Waals surface area (Å²) in [6, 6.07) is 0. The Morgan fingerprint density at radius 2 is 1.94 bits per heavy atom. The van der Waals surface area contributed by atoms with Crippen molar-refractivity contribution in [3.63, 3.8) is 0 Å². The van der Waals surface area contributed by atoms with Crippen molar-refractivity contribution < 1.29 is 19.4 Å². The molecule has 0 spiro atoms. The number of primary amides is 1. The summed E-state index contributed by atoms with van der Waals surface area (Å²) in [4.78, 5) is 22.3. The number of ether oxygens (including phenoxy) is 1. The molecule has 0 aliphatic heterocycles. The van der Waals surface area contributed by atoms with Gasteiger partial charge >= 0.3 is 5.97 Å². The molecule has 0 radical (unpaired) electrons. The molecule has 0 aromatic heterocycles. The first kappa shape index (κ1) is 15.4. The molecule has 0 saturated carbocycles. The normalized spacial score (nSPS) is 12.1. The number of aliphatic hydroxyl groups excluding tert-OH is 1. The van der Waals surface area contributed by atoms with E-state index < -0.39 is 18.5 Å². The SMILES string of the molecule is C=C(/C=C(/CO)C(N)=O)C(=O)OCC(C)(C)C. The van der Waals surface area contributed by atoms with E-state index in [9.17, 15) is 9.59 Å². The van der Waals surface area contributed by atoms with Gasteiger partial charge in [0.05, 0.1) is 18.8 Å². The Balaban J connectivity index is 4.52. The van der Waals surface area contributed by atoms with Gasteiger partial charge in [0.2, 0.25) is 5.91 Å². The van der Waals surface area contributed by atoms with E-state index in [1.54, 1.807) is 0 Å². The van der Waals surface area contributed by atoms with Crippen LogP contribution < -0.4 is 5.73 Å². The highest BCUT2D eigenvalue weighted by atomic mass is 16.5. The lowest BCUT2D eigenvalue weighted by molar-refractivity contribution is -0.141. The van der Waals surface area contributed by atoms with Gasteiger partial charge in [-0.3, -0.25) is 4.79 Å². The van der Waals surface area contributed by atoms with E-state index in [-0.39, 0.29) is 23.2 Å². The zero-order chi connectivity index (χ0) is 13.6. The summed E-state index contributed by atoms with van der Waals surface area (Å²) in [5.74, 6) is -1.43. The lowest BCUT2D eigenvalue weighted by Gasteiger charge is -2.17. The van der Waals surface area contributed by atoms with Gasteiger partial charge in [-0.2, -0.15) is 0 Å². The third-order valence-electron chi connectivity index (χ3n) is 1.73. The van der Waals surface area contributed by atoms with E-state index in [1.807, 2.05) is 20.8 Å². The van der Waals surface area contributed by atoms with Crippen LogP contribution in [0.25, 0.3) is 0 Å². The number of carbonyl (C=O) groups excluding carboxylic acids is 2. The summed E-state index contributed by atoms with van der Waals surface area (Å²) >= 11 is 0. The number of amides is 1. The predicted molar refractivity (Wildman–Crippen MR) is 63.9 cm³/mol. The standard InChI is InChI=1S/C12H19NO4/c1-8(5-9(6-14)10(13)15)11(16)17-7-12(2,3)4/h5,14H,1,6-7H2,2-4H3,(H2,13,15)/b9-5-. The van der Waals surface area contributed by atoms with Gasteiger partial charge in [0.1, 0.15) is 0 Å². The molecule has 1 amide bonds. The largest absolute Gasteiger partial charge is 0.462 e. The summed E-state index contributed by atoms with van der Waals surface area (Å²) in [7, 11) is 0. The van der Waals surface area contributed by atoms with Crippen molar-refractivity contribution in [2.75, 3.05) is 13.2 Å². The average Bonchev–Trinajstić information content (AvgIpc) is 2.20. The molecule has 17 heavy (non-hydrogen) atoms. The number of esters is 1. The minimum absolute atomic E-state index is 0.0166. The number of rotatable bonds is 5. The Bertz CT molecular complexity index is 350. The van der Waals surface area contributed by atoms with E-state index in [1.165, 1.54) is 0 Å². The van der Waals surface area contributed by atoms with Crippen molar-refractivity contribution in [1.82, 2.24) is 0 Å². The molecule has 0 bridgehead atoms. The molecule has 0 aromatic rings. The van der Waals surface area contributed by atoms with E-state index in [4.69, 9.17) is 15.6 Å². The van der Waals surface area contributed by atoms with Crippen molar-refractivity contribution in [3.05, 3.63) is 23.8 Å². The number of aliphatic hydroxyl groups is 1. The molecule has 0 atom stereocenters.